The predicted octanol–water partition coefficient (Wildman–Crippen LogP) is 3.01. The SMILES string of the molecule is COc1ncc2c(n1)CCC(N(Cc1ccccc1)C1CC1)C2. The van der Waals surface area contributed by atoms with Crippen LogP contribution in [0.25, 0.3) is 0 Å². The van der Waals surface area contributed by atoms with Gasteiger partial charge in [0.25, 0.3) is 0 Å². The van der Waals surface area contributed by atoms with Gasteiger partial charge in [-0.1, -0.05) is 30.3 Å². The molecule has 1 aromatic carbocycles. The topological polar surface area (TPSA) is 38.3 Å². The molecule has 2 aliphatic rings. The fraction of sp³-hybridized carbons (Fsp3) is 0.474. The number of aryl methyl sites for hydroxylation is 1. The highest BCUT2D eigenvalue weighted by molar-refractivity contribution is 5.24. The molecule has 1 aromatic heterocycles. The van der Waals surface area contributed by atoms with Gasteiger partial charge >= 0.3 is 6.01 Å². The number of hydrogen-bond donors (Lipinski definition) is 0. The molecule has 0 bridgehead atoms. The highest BCUT2D eigenvalue weighted by atomic mass is 16.5. The van der Waals surface area contributed by atoms with Gasteiger partial charge < -0.3 is 4.74 Å². The van der Waals surface area contributed by atoms with Crippen LogP contribution in [0.5, 0.6) is 6.01 Å². The molecule has 1 fully saturated rings. The molecule has 2 aliphatic carbocycles. The quantitative estimate of drug-likeness (QED) is 0.851. The van der Waals surface area contributed by atoms with E-state index in [1.807, 2.05) is 6.20 Å². The van der Waals surface area contributed by atoms with Crippen molar-refractivity contribution >= 4 is 0 Å². The molecule has 4 heteroatoms. The summed E-state index contributed by atoms with van der Waals surface area (Å²) in [6, 6.07) is 12.7. The molecule has 0 N–H and O–H groups in total. The Labute approximate surface area is 137 Å². The number of hydrogen-bond acceptors (Lipinski definition) is 4. The minimum Gasteiger partial charge on any atom is -0.467 e. The van der Waals surface area contributed by atoms with E-state index >= 15 is 0 Å². The Bertz CT molecular complexity index is 670. The number of methoxy groups -OCH3 is 1. The van der Waals surface area contributed by atoms with Gasteiger partial charge in [0.1, 0.15) is 0 Å². The van der Waals surface area contributed by atoms with Gasteiger partial charge in [0.2, 0.25) is 0 Å². The molecule has 0 aliphatic heterocycles. The Kier molecular flexibility index (Phi) is 4.00. The predicted molar refractivity (Wildman–Crippen MR) is 89.4 cm³/mol. The Morgan fingerprint density at radius 2 is 1.96 bits per heavy atom. The largest absolute Gasteiger partial charge is 0.467 e. The second-order valence-electron chi connectivity index (χ2n) is 6.61. The molecule has 120 valence electrons. The van der Waals surface area contributed by atoms with Gasteiger partial charge in [0.05, 0.1) is 12.8 Å². The van der Waals surface area contributed by atoms with Crippen LogP contribution in [0.2, 0.25) is 0 Å². The molecule has 1 saturated carbocycles. The molecule has 0 spiro atoms. The van der Waals surface area contributed by atoms with E-state index in [9.17, 15) is 0 Å². The van der Waals surface area contributed by atoms with Crippen molar-refractivity contribution in [3.8, 4) is 6.01 Å². The number of aromatic nitrogens is 2. The second-order valence-corrected chi connectivity index (χ2v) is 6.61. The molecular weight excluding hydrogens is 286 g/mol. The maximum atomic E-state index is 5.15. The van der Waals surface area contributed by atoms with Crippen molar-refractivity contribution in [1.82, 2.24) is 14.9 Å². The summed E-state index contributed by atoms with van der Waals surface area (Å²) in [5, 5.41) is 0. The van der Waals surface area contributed by atoms with Crippen LogP contribution in [-0.2, 0) is 19.4 Å². The van der Waals surface area contributed by atoms with Gasteiger partial charge in [-0.25, -0.2) is 4.98 Å². The number of nitrogens with zero attached hydrogens (tertiary/aromatic N) is 3. The van der Waals surface area contributed by atoms with Crippen molar-refractivity contribution in [2.75, 3.05) is 7.11 Å². The first-order valence-corrected chi connectivity index (χ1v) is 8.52. The van der Waals surface area contributed by atoms with Gasteiger partial charge in [-0.15, -0.1) is 0 Å². The van der Waals surface area contributed by atoms with E-state index in [2.05, 4.69) is 45.2 Å². The van der Waals surface area contributed by atoms with E-state index in [0.29, 0.717) is 12.1 Å². The molecule has 23 heavy (non-hydrogen) atoms. The average molecular weight is 309 g/mol. The third kappa shape index (κ3) is 3.22. The van der Waals surface area contributed by atoms with Crippen LogP contribution in [0, 0.1) is 0 Å². The fourth-order valence-electron chi connectivity index (χ4n) is 3.61. The minimum atomic E-state index is 0.491. The number of ether oxygens (including phenoxy) is 1. The molecule has 2 aromatic rings. The smallest absolute Gasteiger partial charge is 0.316 e. The monoisotopic (exact) mass is 309 g/mol. The van der Waals surface area contributed by atoms with Crippen molar-refractivity contribution in [1.29, 1.82) is 0 Å². The Morgan fingerprint density at radius 3 is 2.70 bits per heavy atom. The third-order valence-electron chi connectivity index (χ3n) is 4.98. The van der Waals surface area contributed by atoms with Crippen molar-refractivity contribution in [2.24, 2.45) is 0 Å². The zero-order valence-corrected chi connectivity index (χ0v) is 13.6. The maximum absolute atomic E-state index is 5.15. The minimum absolute atomic E-state index is 0.491. The third-order valence-corrected chi connectivity index (χ3v) is 4.98. The molecule has 1 heterocycles. The highest BCUT2D eigenvalue weighted by Crippen LogP contribution is 2.34. The molecular formula is C19H23N3O. The summed E-state index contributed by atoms with van der Waals surface area (Å²) in [5.74, 6) is 0. The lowest BCUT2D eigenvalue weighted by atomic mass is 9.91. The second kappa shape index (κ2) is 6.28. The van der Waals surface area contributed by atoms with Crippen molar-refractivity contribution in [3.05, 3.63) is 53.3 Å². The molecule has 4 rings (SSSR count). The van der Waals surface area contributed by atoms with E-state index in [-0.39, 0.29) is 0 Å². The van der Waals surface area contributed by atoms with Crippen LogP contribution < -0.4 is 4.74 Å². The number of benzene rings is 1. The zero-order chi connectivity index (χ0) is 15.6. The summed E-state index contributed by atoms with van der Waals surface area (Å²) in [5.41, 5.74) is 3.88. The standard InChI is InChI=1S/C19H23N3O/c1-23-19-20-12-15-11-17(9-10-18(15)21-19)22(16-7-8-16)13-14-5-3-2-4-6-14/h2-6,12,16-17H,7-11,13H2,1H3. The summed E-state index contributed by atoms with van der Waals surface area (Å²) in [7, 11) is 1.63. The van der Waals surface area contributed by atoms with Crippen LogP contribution in [0.15, 0.2) is 36.5 Å². The van der Waals surface area contributed by atoms with Crippen LogP contribution in [0.1, 0.15) is 36.1 Å². The Balaban J connectivity index is 1.51. The lowest BCUT2D eigenvalue weighted by Gasteiger charge is -2.35. The summed E-state index contributed by atoms with van der Waals surface area (Å²) in [6.45, 7) is 1.06. The highest BCUT2D eigenvalue weighted by Gasteiger charge is 2.35. The van der Waals surface area contributed by atoms with E-state index in [4.69, 9.17) is 4.74 Å². The van der Waals surface area contributed by atoms with Crippen LogP contribution in [0.4, 0.5) is 0 Å². The van der Waals surface area contributed by atoms with Gasteiger partial charge in [0.15, 0.2) is 0 Å². The van der Waals surface area contributed by atoms with Gasteiger partial charge in [-0.2, -0.15) is 4.98 Å². The molecule has 4 nitrogen and oxygen atoms in total. The first-order chi connectivity index (χ1) is 11.3. The van der Waals surface area contributed by atoms with Crippen molar-refractivity contribution in [2.45, 2.75) is 50.7 Å². The lowest BCUT2D eigenvalue weighted by Crippen LogP contribution is -2.40. The lowest BCUT2D eigenvalue weighted by molar-refractivity contribution is 0.160. The average Bonchev–Trinajstić information content (AvgIpc) is 3.44. The van der Waals surface area contributed by atoms with Gasteiger partial charge in [-0.05, 0) is 43.2 Å². The molecule has 1 atom stereocenters. The normalized spacial score (nSPS) is 20.3. The number of fused-ring (bicyclic) bond motifs is 1. The Morgan fingerprint density at radius 1 is 1.13 bits per heavy atom. The van der Waals surface area contributed by atoms with Crippen LogP contribution >= 0.6 is 0 Å². The summed E-state index contributed by atoms with van der Waals surface area (Å²) < 4.78 is 5.15. The first kappa shape index (κ1) is 14.6. The zero-order valence-electron chi connectivity index (χ0n) is 13.6. The number of rotatable bonds is 5. The summed E-state index contributed by atoms with van der Waals surface area (Å²) >= 11 is 0. The van der Waals surface area contributed by atoms with Gasteiger partial charge in [0, 0.05) is 24.8 Å². The Hall–Kier alpha value is -1.94. The summed E-state index contributed by atoms with van der Waals surface area (Å²) in [4.78, 5) is 11.5. The molecule has 1 unspecified atom stereocenters. The van der Waals surface area contributed by atoms with Crippen LogP contribution in [-0.4, -0.2) is 34.1 Å². The van der Waals surface area contributed by atoms with E-state index in [1.165, 1.54) is 36.1 Å². The summed E-state index contributed by atoms with van der Waals surface area (Å²) in [6.07, 6.45) is 7.90. The maximum Gasteiger partial charge on any atom is 0.316 e. The molecule has 0 amide bonds. The van der Waals surface area contributed by atoms with E-state index in [0.717, 1.165) is 25.4 Å². The van der Waals surface area contributed by atoms with E-state index in [1.54, 1.807) is 7.11 Å². The van der Waals surface area contributed by atoms with Crippen molar-refractivity contribution < 1.29 is 4.74 Å². The van der Waals surface area contributed by atoms with Crippen molar-refractivity contribution in [3.63, 3.8) is 0 Å². The first-order valence-electron chi connectivity index (χ1n) is 8.52. The molecule has 0 saturated heterocycles. The van der Waals surface area contributed by atoms with Crippen LogP contribution in [0.3, 0.4) is 0 Å². The molecule has 0 radical (unpaired) electrons. The van der Waals surface area contributed by atoms with Gasteiger partial charge in [-0.3, -0.25) is 4.90 Å². The van der Waals surface area contributed by atoms with E-state index < -0.39 is 0 Å². The fourth-order valence-corrected chi connectivity index (χ4v) is 3.61.